The molecule has 0 fully saturated rings. The fourth-order valence-corrected chi connectivity index (χ4v) is 2.22. The minimum absolute atomic E-state index is 0.293. The largest absolute Gasteiger partial charge is 0.334 e. The van der Waals surface area contributed by atoms with Gasteiger partial charge in [-0.05, 0) is 36.2 Å². The summed E-state index contributed by atoms with van der Waals surface area (Å²) >= 11 is 17.7. The minimum Gasteiger partial charge on any atom is -0.334 e. The van der Waals surface area contributed by atoms with Crippen LogP contribution in [0.4, 0.5) is 10.5 Å². The number of hydrogen-bond donors (Lipinski definition) is 2. The maximum atomic E-state index is 11.8. The zero-order valence-corrected chi connectivity index (χ0v) is 13.4. The third-order valence-corrected chi connectivity index (χ3v) is 3.71. The van der Waals surface area contributed by atoms with Gasteiger partial charge in [-0.3, -0.25) is 0 Å². The summed E-state index contributed by atoms with van der Waals surface area (Å²) in [4.78, 5) is 15.8. The van der Waals surface area contributed by atoms with Gasteiger partial charge in [-0.15, -0.1) is 0 Å². The molecule has 0 unspecified atom stereocenters. The number of rotatable bonds is 3. The van der Waals surface area contributed by atoms with Gasteiger partial charge < -0.3 is 10.6 Å². The summed E-state index contributed by atoms with van der Waals surface area (Å²) in [5.41, 5.74) is 2.13. The average molecular weight is 345 g/mol. The van der Waals surface area contributed by atoms with E-state index in [-0.39, 0.29) is 6.03 Å². The second-order valence-corrected chi connectivity index (χ2v) is 5.58. The lowest BCUT2D eigenvalue weighted by Gasteiger charge is -2.09. The highest BCUT2D eigenvalue weighted by Gasteiger charge is 2.06. The summed E-state index contributed by atoms with van der Waals surface area (Å²) in [5, 5.41) is 6.84. The van der Waals surface area contributed by atoms with Gasteiger partial charge >= 0.3 is 6.03 Å². The number of urea groups is 1. The van der Waals surface area contributed by atoms with E-state index in [1.807, 2.05) is 6.92 Å². The smallest absolute Gasteiger partial charge is 0.319 e. The van der Waals surface area contributed by atoms with Crippen LogP contribution in [0.15, 0.2) is 30.5 Å². The van der Waals surface area contributed by atoms with Gasteiger partial charge in [0, 0.05) is 16.6 Å². The number of benzene rings is 1. The number of carbonyl (C=O) groups excluding carboxylic acids is 1. The lowest BCUT2D eigenvalue weighted by atomic mass is 10.2. The molecule has 4 nitrogen and oxygen atoms in total. The van der Waals surface area contributed by atoms with Crippen LogP contribution in [-0.4, -0.2) is 11.0 Å². The van der Waals surface area contributed by atoms with E-state index >= 15 is 0 Å². The van der Waals surface area contributed by atoms with Gasteiger partial charge in [-0.1, -0.05) is 40.9 Å². The number of aryl methyl sites for hydroxylation is 1. The van der Waals surface area contributed by atoms with E-state index in [0.717, 1.165) is 11.1 Å². The van der Waals surface area contributed by atoms with Crippen molar-refractivity contribution < 1.29 is 4.79 Å². The molecule has 2 amide bonds. The Morgan fingerprint density at radius 1 is 1.24 bits per heavy atom. The summed E-state index contributed by atoms with van der Waals surface area (Å²) in [7, 11) is 0. The molecule has 0 bridgehead atoms. The van der Waals surface area contributed by atoms with Crippen LogP contribution in [0, 0.1) is 6.92 Å². The van der Waals surface area contributed by atoms with Crippen LogP contribution < -0.4 is 10.6 Å². The normalized spacial score (nSPS) is 10.3. The molecule has 0 radical (unpaired) electrons. The van der Waals surface area contributed by atoms with Gasteiger partial charge in [0.25, 0.3) is 0 Å². The number of pyridine rings is 1. The van der Waals surface area contributed by atoms with Crippen molar-refractivity contribution in [3.05, 3.63) is 56.8 Å². The topological polar surface area (TPSA) is 54.0 Å². The van der Waals surface area contributed by atoms with Crippen LogP contribution in [-0.2, 0) is 6.54 Å². The molecule has 0 aliphatic rings. The van der Waals surface area contributed by atoms with Crippen molar-refractivity contribution in [1.82, 2.24) is 10.3 Å². The Labute approximate surface area is 137 Å². The molecule has 1 heterocycles. The summed E-state index contributed by atoms with van der Waals surface area (Å²) in [6, 6.07) is 6.49. The quantitative estimate of drug-likeness (QED) is 0.795. The molecule has 0 aliphatic heterocycles. The maximum absolute atomic E-state index is 11.8. The van der Waals surface area contributed by atoms with Crippen molar-refractivity contribution in [2.24, 2.45) is 0 Å². The minimum atomic E-state index is -0.357. The first-order chi connectivity index (χ1) is 9.95. The van der Waals surface area contributed by atoms with Crippen molar-refractivity contribution in [3.63, 3.8) is 0 Å². The number of aromatic nitrogens is 1. The van der Waals surface area contributed by atoms with Crippen molar-refractivity contribution in [1.29, 1.82) is 0 Å². The molecule has 21 heavy (non-hydrogen) atoms. The van der Waals surface area contributed by atoms with E-state index in [1.165, 1.54) is 6.20 Å². The highest BCUT2D eigenvalue weighted by Crippen LogP contribution is 2.21. The number of amides is 2. The molecule has 0 saturated heterocycles. The van der Waals surface area contributed by atoms with Gasteiger partial charge in [-0.25, -0.2) is 9.78 Å². The lowest BCUT2D eigenvalue weighted by Crippen LogP contribution is -2.28. The van der Waals surface area contributed by atoms with Crippen LogP contribution >= 0.6 is 34.8 Å². The first-order valence-electron chi connectivity index (χ1n) is 6.06. The number of hydrogen-bond acceptors (Lipinski definition) is 2. The first-order valence-corrected chi connectivity index (χ1v) is 7.20. The highest BCUT2D eigenvalue weighted by molar-refractivity contribution is 6.35. The van der Waals surface area contributed by atoms with Crippen molar-refractivity contribution in [2.45, 2.75) is 13.5 Å². The lowest BCUT2D eigenvalue weighted by molar-refractivity contribution is 0.251. The Morgan fingerprint density at radius 2 is 2.00 bits per heavy atom. The molecule has 7 heteroatoms. The molecular weight excluding hydrogens is 333 g/mol. The predicted molar refractivity (Wildman–Crippen MR) is 86.3 cm³/mol. The van der Waals surface area contributed by atoms with Gasteiger partial charge in [0.05, 0.1) is 11.9 Å². The third kappa shape index (κ3) is 4.49. The number of halogens is 3. The van der Waals surface area contributed by atoms with Crippen molar-refractivity contribution in [2.75, 3.05) is 5.32 Å². The molecule has 0 aliphatic carbocycles. The molecule has 2 N–H and O–H groups in total. The SMILES string of the molecule is Cc1cc(NC(=O)NCc2ccc(Cl)cc2Cl)cnc1Cl. The van der Waals surface area contributed by atoms with Crippen LogP contribution in [0.25, 0.3) is 0 Å². The molecule has 2 rings (SSSR count). The number of carbonyl (C=O) groups is 1. The van der Waals surface area contributed by atoms with Crippen LogP contribution in [0.5, 0.6) is 0 Å². The fraction of sp³-hybridized carbons (Fsp3) is 0.143. The van der Waals surface area contributed by atoms with Crippen molar-refractivity contribution in [3.8, 4) is 0 Å². The predicted octanol–water partition coefficient (Wildman–Crippen LogP) is 4.67. The number of nitrogens with zero attached hydrogens (tertiary/aromatic N) is 1. The zero-order chi connectivity index (χ0) is 15.4. The standard InChI is InChI=1S/C14H12Cl3N3O/c1-8-4-11(7-18-13(8)17)20-14(21)19-6-9-2-3-10(15)5-12(9)16/h2-5,7H,6H2,1H3,(H2,19,20,21). The Kier molecular flexibility index (Phi) is 5.28. The molecule has 1 aromatic carbocycles. The second kappa shape index (κ2) is 6.98. The van der Waals surface area contributed by atoms with E-state index in [0.29, 0.717) is 27.4 Å². The van der Waals surface area contributed by atoms with E-state index < -0.39 is 0 Å². The fourth-order valence-electron chi connectivity index (χ4n) is 1.64. The summed E-state index contributed by atoms with van der Waals surface area (Å²) in [6.45, 7) is 2.10. The first kappa shape index (κ1) is 15.9. The van der Waals surface area contributed by atoms with Gasteiger partial charge in [-0.2, -0.15) is 0 Å². The van der Waals surface area contributed by atoms with E-state index in [9.17, 15) is 4.79 Å². The number of nitrogens with one attached hydrogen (secondary N) is 2. The summed E-state index contributed by atoms with van der Waals surface area (Å²) in [5.74, 6) is 0. The molecule has 0 atom stereocenters. The Morgan fingerprint density at radius 3 is 2.67 bits per heavy atom. The third-order valence-electron chi connectivity index (χ3n) is 2.73. The van der Waals surface area contributed by atoms with Crippen LogP contribution in [0.1, 0.15) is 11.1 Å². The summed E-state index contributed by atoms with van der Waals surface area (Å²) < 4.78 is 0. The Hall–Kier alpha value is -1.49. The second-order valence-electron chi connectivity index (χ2n) is 4.38. The molecule has 0 saturated carbocycles. The molecule has 2 aromatic rings. The van der Waals surface area contributed by atoms with Crippen LogP contribution in [0.2, 0.25) is 15.2 Å². The molecule has 110 valence electrons. The maximum Gasteiger partial charge on any atom is 0.319 e. The van der Waals surface area contributed by atoms with E-state index in [2.05, 4.69) is 15.6 Å². The van der Waals surface area contributed by atoms with E-state index in [4.69, 9.17) is 34.8 Å². The number of anilines is 1. The summed E-state index contributed by atoms with van der Waals surface area (Å²) in [6.07, 6.45) is 1.49. The van der Waals surface area contributed by atoms with Gasteiger partial charge in [0.1, 0.15) is 5.15 Å². The Bertz CT molecular complexity index is 677. The highest BCUT2D eigenvalue weighted by atomic mass is 35.5. The van der Waals surface area contributed by atoms with Crippen LogP contribution in [0.3, 0.4) is 0 Å². The zero-order valence-electron chi connectivity index (χ0n) is 11.1. The van der Waals surface area contributed by atoms with Gasteiger partial charge in [0.2, 0.25) is 0 Å². The average Bonchev–Trinajstić information content (AvgIpc) is 2.42. The van der Waals surface area contributed by atoms with E-state index in [1.54, 1.807) is 24.3 Å². The molecular formula is C14H12Cl3N3O. The van der Waals surface area contributed by atoms with Crippen molar-refractivity contribution >= 4 is 46.5 Å². The molecule has 1 aromatic heterocycles. The monoisotopic (exact) mass is 343 g/mol. The Balaban J connectivity index is 1.94. The molecule has 0 spiro atoms. The van der Waals surface area contributed by atoms with Gasteiger partial charge in [0.15, 0.2) is 0 Å².